The van der Waals surface area contributed by atoms with Crippen LogP contribution in [0.15, 0.2) is 64.9 Å². The maximum absolute atomic E-state index is 12.6. The van der Waals surface area contributed by atoms with Crippen molar-refractivity contribution >= 4 is 51.1 Å². The van der Waals surface area contributed by atoms with Gasteiger partial charge in [-0.3, -0.25) is 14.5 Å². The lowest BCUT2D eigenvalue weighted by Crippen LogP contribution is -2.27. The molecule has 3 aromatic rings. The van der Waals surface area contributed by atoms with Crippen LogP contribution in [-0.2, 0) is 11.3 Å². The van der Waals surface area contributed by atoms with Gasteiger partial charge in [-0.25, -0.2) is 0 Å². The number of rotatable bonds is 3. The van der Waals surface area contributed by atoms with E-state index in [2.05, 4.69) is 0 Å². The number of hydrogen-bond acceptors (Lipinski definition) is 4. The average molecular weight is 351 g/mol. The summed E-state index contributed by atoms with van der Waals surface area (Å²) in [5, 5.41) is 3.92. The first-order valence-electron chi connectivity index (χ1n) is 7.48. The van der Waals surface area contributed by atoms with E-state index in [0.29, 0.717) is 11.4 Å². The van der Waals surface area contributed by atoms with Crippen LogP contribution in [0.2, 0.25) is 0 Å². The van der Waals surface area contributed by atoms with Crippen LogP contribution in [0.25, 0.3) is 16.8 Å². The number of thiophene rings is 1. The largest absolute Gasteiger partial charge is 0.293 e. The number of hydrogen-bond donors (Lipinski definition) is 0. The molecule has 1 aliphatic heterocycles. The minimum atomic E-state index is -0.216. The molecule has 4 rings (SSSR count). The maximum atomic E-state index is 12.6. The number of imide groups is 1. The van der Waals surface area contributed by atoms with E-state index in [4.69, 9.17) is 0 Å². The van der Waals surface area contributed by atoms with E-state index in [0.717, 1.165) is 33.0 Å². The van der Waals surface area contributed by atoms with Crippen molar-refractivity contribution in [2.75, 3.05) is 0 Å². The third-order valence-electron chi connectivity index (χ3n) is 3.90. The van der Waals surface area contributed by atoms with Crippen molar-refractivity contribution in [3.05, 3.63) is 75.3 Å². The van der Waals surface area contributed by atoms with Gasteiger partial charge in [-0.1, -0.05) is 48.5 Å². The molecule has 1 aromatic heterocycles. The van der Waals surface area contributed by atoms with Gasteiger partial charge in [0.1, 0.15) is 0 Å². The van der Waals surface area contributed by atoms with Crippen molar-refractivity contribution in [3.63, 3.8) is 0 Å². The van der Waals surface area contributed by atoms with Gasteiger partial charge in [0.05, 0.1) is 11.4 Å². The van der Waals surface area contributed by atoms with Gasteiger partial charge in [0.2, 0.25) is 0 Å². The Morgan fingerprint density at radius 3 is 2.62 bits per heavy atom. The lowest BCUT2D eigenvalue weighted by Gasteiger charge is -2.14. The summed E-state index contributed by atoms with van der Waals surface area (Å²) in [5.74, 6) is -0.216. The van der Waals surface area contributed by atoms with Crippen molar-refractivity contribution < 1.29 is 9.59 Å². The van der Waals surface area contributed by atoms with E-state index in [9.17, 15) is 9.59 Å². The summed E-state index contributed by atoms with van der Waals surface area (Å²) in [5.41, 5.74) is 0.979. The van der Waals surface area contributed by atoms with Gasteiger partial charge in [0.25, 0.3) is 11.1 Å². The van der Waals surface area contributed by atoms with Crippen molar-refractivity contribution in [2.24, 2.45) is 0 Å². The molecule has 2 heterocycles. The highest BCUT2D eigenvalue weighted by Gasteiger charge is 2.35. The molecule has 0 N–H and O–H groups in total. The number of carbonyl (C=O) groups is 2. The van der Waals surface area contributed by atoms with Crippen LogP contribution in [-0.4, -0.2) is 16.0 Å². The van der Waals surface area contributed by atoms with E-state index < -0.39 is 0 Å². The first kappa shape index (κ1) is 15.2. The quantitative estimate of drug-likeness (QED) is 0.613. The molecule has 1 fully saturated rings. The molecule has 2 amide bonds. The topological polar surface area (TPSA) is 37.4 Å². The van der Waals surface area contributed by atoms with Crippen LogP contribution in [0.1, 0.15) is 10.4 Å². The molecule has 24 heavy (non-hydrogen) atoms. The second-order valence-electron chi connectivity index (χ2n) is 5.42. The molecule has 3 nitrogen and oxygen atoms in total. The lowest BCUT2D eigenvalue weighted by molar-refractivity contribution is -0.123. The van der Waals surface area contributed by atoms with Crippen molar-refractivity contribution in [1.29, 1.82) is 0 Å². The number of thioether (sulfide) groups is 1. The maximum Gasteiger partial charge on any atom is 0.293 e. The first-order chi connectivity index (χ1) is 11.7. The summed E-state index contributed by atoms with van der Waals surface area (Å²) < 4.78 is 0. The van der Waals surface area contributed by atoms with Gasteiger partial charge >= 0.3 is 0 Å². The lowest BCUT2D eigenvalue weighted by atomic mass is 10.0. The SMILES string of the molecule is O=C1S/C(=C/c2cccs2)C(=O)N1Cc1cccc2ccccc12. The summed E-state index contributed by atoms with van der Waals surface area (Å²) in [6.07, 6.45) is 1.79. The minimum Gasteiger partial charge on any atom is -0.268 e. The van der Waals surface area contributed by atoms with Gasteiger partial charge in [-0.05, 0) is 45.6 Å². The third kappa shape index (κ3) is 2.77. The van der Waals surface area contributed by atoms with E-state index in [1.807, 2.05) is 60.0 Å². The van der Waals surface area contributed by atoms with Crippen LogP contribution < -0.4 is 0 Å². The fourth-order valence-corrected chi connectivity index (χ4v) is 4.30. The normalized spacial score (nSPS) is 16.5. The Kier molecular flexibility index (Phi) is 3.96. The number of nitrogens with zero attached hydrogens (tertiary/aromatic N) is 1. The molecular weight excluding hydrogens is 338 g/mol. The van der Waals surface area contributed by atoms with Crippen LogP contribution in [0.5, 0.6) is 0 Å². The zero-order valence-electron chi connectivity index (χ0n) is 12.6. The summed E-state index contributed by atoms with van der Waals surface area (Å²) in [6, 6.07) is 17.8. The van der Waals surface area contributed by atoms with Crippen LogP contribution >= 0.6 is 23.1 Å². The molecule has 5 heteroatoms. The van der Waals surface area contributed by atoms with E-state index in [1.165, 1.54) is 4.90 Å². The molecular formula is C19H13NO2S2. The zero-order chi connectivity index (χ0) is 16.5. The molecule has 2 aromatic carbocycles. The van der Waals surface area contributed by atoms with Gasteiger partial charge in [-0.15, -0.1) is 11.3 Å². The monoisotopic (exact) mass is 351 g/mol. The molecule has 1 saturated heterocycles. The molecule has 0 spiro atoms. The van der Waals surface area contributed by atoms with Crippen LogP contribution in [0, 0.1) is 0 Å². The Labute approximate surface area is 147 Å². The molecule has 1 aliphatic rings. The second-order valence-corrected chi connectivity index (χ2v) is 7.39. The van der Waals surface area contributed by atoms with Crippen LogP contribution in [0.3, 0.4) is 0 Å². The second kappa shape index (κ2) is 6.26. The first-order valence-corrected chi connectivity index (χ1v) is 9.17. The smallest absolute Gasteiger partial charge is 0.268 e. The Bertz CT molecular complexity index is 955. The standard InChI is InChI=1S/C19H13NO2S2/c21-18-17(11-15-8-4-10-23-15)24-19(22)20(18)12-14-7-3-6-13-5-1-2-9-16(13)14/h1-11H,12H2/b17-11+. The average Bonchev–Trinajstić information content (AvgIpc) is 3.19. The number of carbonyl (C=O) groups excluding carboxylic acids is 2. The molecule has 0 radical (unpaired) electrons. The summed E-state index contributed by atoms with van der Waals surface area (Å²) >= 11 is 2.56. The summed E-state index contributed by atoms with van der Waals surface area (Å²) in [6.45, 7) is 0.299. The molecule has 0 unspecified atom stereocenters. The predicted octanol–water partition coefficient (Wildman–Crippen LogP) is 5.14. The van der Waals surface area contributed by atoms with E-state index in [-0.39, 0.29) is 11.1 Å². The molecule has 0 saturated carbocycles. The van der Waals surface area contributed by atoms with Crippen LogP contribution in [0.4, 0.5) is 4.79 Å². The van der Waals surface area contributed by atoms with E-state index in [1.54, 1.807) is 17.4 Å². The zero-order valence-corrected chi connectivity index (χ0v) is 14.3. The van der Waals surface area contributed by atoms with Gasteiger partial charge in [0.15, 0.2) is 0 Å². The summed E-state index contributed by atoms with van der Waals surface area (Å²) in [7, 11) is 0. The molecule has 118 valence electrons. The highest BCUT2D eigenvalue weighted by Crippen LogP contribution is 2.34. The fraction of sp³-hybridized carbons (Fsp3) is 0.0526. The number of benzene rings is 2. The summed E-state index contributed by atoms with van der Waals surface area (Å²) in [4.78, 5) is 27.7. The Balaban J connectivity index is 1.65. The van der Waals surface area contributed by atoms with Gasteiger partial charge in [0, 0.05) is 4.88 Å². The van der Waals surface area contributed by atoms with Gasteiger partial charge in [-0.2, -0.15) is 0 Å². The molecule has 0 aliphatic carbocycles. The highest BCUT2D eigenvalue weighted by molar-refractivity contribution is 8.18. The third-order valence-corrected chi connectivity index (χ3v) is 5.63. The Morgan fingerprint density at radius 1 is 0.958 bits per heavy atom. The van der Waals surface area contributed by atoms with Gasteiger partial charge < -0.3 is 0 Å². The van der Waals surface area contributed by atoms with Crippen molar-refractivity contribution in [3.8, 4) is 0 Å². The minimum absolute atomic E-state index is 0.212. The fourth-order valence-electron chi connectivity index (χ4n) is 2.74. The predicted molar refractivity (Wildman–Crippen MR) is 99.8 cm³/mol. The van der Waals surface area contributed by atoms with Crippen molar-refractivity contribution in [1.82, 2.24) is 4.90 Å². The molecule has 0 atom stereocenters. The highest BCUT2D eigenvalue weighted by atomic mass is 32.2. The Hall–Kier alpha value is -2.37. The number of fused-ring (bicyclic) bond motifs is 1. The number of amides is 2. The molecule has 0 bridgehead atoms. The van der Waals surface area contributed by atoms with E-state index >= 15 is 0 Å². The Morgan fingerprint density at radius 2 is 1.79 bits per heavy atom. The van der Waals surface area contributed by atoms with Crippen molar-refractivity contribution in [2.45, 2.75) is 6.54 Å².